The predicted molar refractivity (Wildman–Crippen MR) is 61.4 cm³/mol. The van der Waals surface area contributed by atoms with Gasteiger partial charge in [-0.2, -0.15) is 0 Å². The van der Waals surface area contributed by atoms with Gasteiger partial charge in [0.1, 0.15) is 0 Å². The molecule has 2 unspecified atom stereocenters. The van der Waals surface area contributed by atoms with Crippen LogP contribution in [0.15, 0.2) is 0 Å². The summed E-state index contributed by atoms with van der Waals surface area (Å²) in [7, 11) is 0. The van der Waals surface area contributed by atoms with Crippen molar-refractivity contribution in [3.63, 3.8) is 0 Å². The van der Waals surface area contributed by atoms with Crippen molar-refractivity contribution >= 4 is 0 Å². The number of hydrogen-bond acceptors (Lipinski definition) is 1. The van der Waals surface area contributed by atoms with Crippen molar-refractivity contribution in [2.24, 2.45) is 5.92 Å². The molecule has 0 aromatic heterocycles. The van der Waals surface area contributed by atoms with Gasteiger partial charge in [-0.25, -0.2) is 0 Å². The van der Waals surface area contributed by atoms with Gasteiger partial charge in [0.05, 0.1) is 0 Å². The van der Waals surface area contributed by atoms with E-state index in [9.17, 15) is 0 Å². The number of nitrogens with zero attached hydrogens (tertiary/aromatic N) is 1. The first-order valence-electron chi connectivity index (χ1n) is 6.40. The molecule has 82 valence electrons. The van der Waals surface area contributed by atoms with Crippen LogP contribution in [0.3, 0.4) is 0 Å². The van der Waals surface area contributed by atoms with Gasteiger partial charge in [-0.3, -0.25) is 4.90 Å². The van der Waals surface area contributed by atoms with Gasteiger partial charge in [-0.05, 0) is 52.0 Å². The summed E-state index contributed by atoms with van der Waals surface area (Å²) in [5.74, 6) is 1.01. The molecule has 0 bridgehead atoms. The molecule has 0 spiro atoms. The molecule has 0 N–H and O–H groups in total. The monoisotopic (exact) mass is 195 g/mol. The fraction of sp³-hybridized carbons (Fsp3) is 1.00. The van der Waals surface area contributed by atoms with Crippen LogP contribution in [-0.2, 0) is 0 Å². The molecule has 0 aromatic carbocycles. The van der Waals surface area contributed by atoms with E-state index in [0.29, 0.717) is 5.54 Å². The Labute approximate surface area is 88.9 Å². The number of piperidine rings is 1. The topological polar surface area (TPSA) is 3.24 Å². The first-order valence-corrected chi connectivity index (χ1v) is 6.40. The van der Waals surface area contributed by atoms with E-state index in [2.05, 4.69) is 25.7 Å². The van der Waals surface area contributed by atoms with Crippen molar-refractivity contribution in [2.45, 2.75) is 70.9 Å². The zero-order valence-electron chi connectivity index (χ0n) is 10.1. The summed E-state index contributed by atoms with van der Waals surface area (Å²) >= 11 is 0. The molecule has 2 heterocycles. The third-order valence-electron chi connectivity index (χ3n) is 4.25. The van der Waals surface area contributed by atoms with Crippen molar-refractivity contribution in [1.29, 1.82) is 0 Å². The first kappa shape index (κ1) is 10.5. The standard InChI is InChI=1S/C13H25N/c1-4-6-11-9-12-7-5-8-14(12)13(2,3)10-11/h11-12H,4-10H2,1-3H3. The highest BCUT2D eigenvalue weighted by atomic mass is 15.2. The van der Waals surface area contributed by atoms with E-state index in [4.69, 9.17) is 0 Å². The Balaban J connectivity index is 2.04. The fourth-order valence-electron chi connectivity index (χ4n) is 3.80. The average molecular weight is 195 g/mol. The average Bonchev–Trinajstić information content (AvgIpc) is 2.52. The van der Waals surface area contributed by atoms with E-state index >= 15 is 0 Å². The van der Waals surface area contributed by atoms with Crippen molar-refractivity contribution in [1.82, 2.24) is 4.90 Å². The quantitative estimate of drug-likeness (QED) is 0.652. The van der Waals surface area contributed by atoms with Gasteiger partial charge in [0.2, 0.25) is 0 Å². The minimum atomic E-state index is 0.485. The largest absolute Gasteiger partial charge is 0.295 e. The Hall–Kier alpha value is -0.0400. The number of fused-ring (bicyclic) bond motifs is 1. The SMILES string of the molecule is CCCC1CC2CCCN2C(C)(C)C1. The molecule has 0 aromatic rings. The lowest BCUT2D eigenvalue weighted by Gasteiger charge is -2.47. The summed E-state index contributed by atoms with van der Waals surface area (Å²) in [5, 5.41) is 0. The Morgan fingerprint density at radius 3 is 2.86 bits per heavy atom. The number of hydrogen-bond donors (Lipinski definition) is 0. The van der Waals surface area contributed by atoms with Crippen molar-refractivity contribution in [3.8, 4) is 0 Å². The maximum atomic E-state index is 2.78. The summed E-state index contributed by atoms with van der Waals surface area (Å²) in [6, 6.07) is 0.926. The second-order valence-corrected chi connectivity index (χ2v) is 5.90. The third kappa shape index (κ3) is 1.84. The van der Waals surface area contributed by atoms with Crippen LogP contribution >= 0.6 is 0 Å². The zero-order chi connectivity index (χ0) is 10.2. The minimum Gasteiger partial charge on any atom is -0.295 e. The number of rotatable bonds is 2. The van der Waals surface area contributed by atoms with Crippen molar-refractivity contribution < 1.29 is 0 Å². The van der Waals surface area contributed by atoms with Crippen LogP contribution in [-0.4, -0.2) is 23.0 Å². The highest BCUT2D eigenvalue weighted by molar-refractivity contribution is 4.97. The van der Waals surface area contributed by atoms with Gasteiger partial charge in [0.15, 0.2) is 0 Å². The van der Waals surface area contributed by atoms with E-state index < -0.39 is 0 Å². The summed E-state index contributed by atoms with van der Waals surface area (Å²) in [6.45, 7) is 8.59. The molecular weight excluding hydrogens is 170 g/mol. The van der Waals surface area contributed by atoms with E-state index in [1.54, 1.807) is 0 Å². The Kier molecular flexibility index (Phi) is 2.88. The van der Waals surface area contributed by atoms with E-state index in [1.165, 1.54) is 45.1 Å². The molecule has 2 atom stereocenters. The molecular formula is C13H25N. The first-order chi connectivity index (χ1) is 6.63. The molecule has 2 saturated heterocycles. The van der Waals surface area contributed by atoms with Gasteiger partial charge in [-0.15, -0.1) is 0 Å². The normalized spacial score (nSPS) is 37.1. The second kappa shape index (κ2) is 3.84. The van der Waals surface area contributed by atoms with Crippen LogP contribution in [0.4, 0.5) is 0 Å². The molecule has 0 radical (unpaired) electrons. The summed E-state index contributed by atoms with van der Waals surface area (Å²) in [4.78, 5) is 2.78. The van der Waals surface area contributed by atoms with Crippen LogP contribution < -0.4 is 0 Å². The molecule has 2 aliphatic rings. The smallest absolute Gasteiger partial charge is 0.0158 e. The predicted octanol–water partition coefficient (Wildman–Crippen LogP) is 3.44. The van der Waals surface area contributed by atoms with Crippen molar-refractivity contribution in [3.05, 3.63) is 0 Å². The highest BCUT2D eigenvalue weighted by Crippen LogP contribution is 2.41. The van der Waals surface area contributed by atoms with Crippen LogP contribution in [0, 0.1) is 5.92 Å². The molecule has 2 fully saturated rings. The van der Waals surface area contributed by atoms with Gasteiger partial charge in [0.25, 0.3) is 0 Å². The Bertz CT molecular complexity index is 197. The second-order valence-electron chi connectivity index (χ2n) is 5.90. The molecule has 0 amide bonds. The van der Waals surface area contributed by atoms with Crippen molar-refractivity contribution in [2.75, 3.05) is 6.54 Å². The van der Waals surface area contributed by atoms with Crippen LogP contribution in [0.1, 0.15) is 59.3 Å². The molecule has 1 nitrogen and oxygen atoms in total. The minimum absolute atomic E-state index is 0.485. The van der Waals surface area contributed by atoms with Gasteiger partial charge in [0, 0.05) is 11.6 Å². The molecule has 2 rings (SSSR count). The van der Waals surface area contributed by atoms with Crippen LogP contribution in [0.5, 0.6) is 0 Å². The maximum Gasteiger partial charge on any atom is 0.0158 e. The molecule has 1 heteroatoms. The third-order valence-corrected chi connectivity index (χ3v) is 4.25. The fourth-order valence-corrected chi connectivity index (χ4v) is 3.80. The summed E-state index contributed by atoms with van der Waals surface area (Å²) in [6.07, 6.45) is 8.63. The molecule has 2 aliphatic heterocycles. The Morgan fingerprint density at radius 1 is 1.36 bits per heavy atom. The highest BCUT2D eigenvalue weighted by Gasteiger charge is 2.42. The van der Waals surface area contributed by atoms with Gasteiger partial charge in [-0.1, -0.05) is 19.8 Å². The Morgan fingerprint density at radius 2 is 2.14 bits per heavy atom. The van der Waals surface area contributed by atoms with Gasteiger partial charge >= 0.3 is 0 Å². The van der Waals surface area contributed by atoms with E-state index in [1.807, 2.05) is 0 Å². The van der Waals surface area contributed by atoms with E-state index in [0.717, 1.165) is 12.0 Å². The van der Waals surface area contributed by atoms with Crippen LogP contribution in [0.25, 0.3) is 0 Å². The van der Waals surface area contributed by atoms with Crippen LogP contribution in [0.2, 0.25) is 0 Å². The molecule has 0 aliphatic carbocycles. The summed E-state index contributed by atoms with van der Waals surface area (Å²) < 4.78 is 0. The van der Waals surface area contributed by atoms with Gasteiger partial charge < -0.3 is 0 Å². The molecule has 0 saturated carbocycles. The lowest BCUT2D eigenvalue weighted by atomic mass is 9.78. The maximum absolute atomic E-state index is 2.78. The lowest BCUT2D eigenvalue weighted by Crippen LogP contribution is -2.52. The van der Waals surface area contributed by atoms with E-state index in [-0.39, 0.29) is 0 Å². The molecule has 14 heavy (non-hydrogen) atoms. The zero-order valence-corrected chi connectivity index (χ0v) is 10.1. The summed E-state index contributed by atoms with van der Waals surface area (Å²) in [5.41, 5.74) is 0.485. The lowest BCUT2D eigenvalue weighted by molar-refractivity contribution is 0.0229.